The van der Waals surface area contributed by atoms with Crippen LogP contribution < -0.4 is 5.32 Å². The zero-order valence-corrected chi connectivity index (χ0v) is 18.5. The summed E-state index contributed by atoms with van der Waals surface area (Å²) in [7, 11) is 0. The first kappa shape index (κ1) is 21.3. The van der Waals surface area contributed by atoms with Gasteiger partial charge in [0, 0.05) is 31.4 Å². The summed E-state index contributed by atoms with van der Waals surface area (Å²) in [6.07, 6.45) is 4.23. The first-order chi connectivity index (χ1) is 16.3. The lowest BCUT2D eigenvalue weighted by molar-refractivity contribution is 0.0374. The van der Waals surface area contributed by atoms with Gasteiger partial charge in [0.05, 0.1) is 25.1 Å². The van der Waals surface area contributed by atoms with Gasteiger partial charge in [-0.25, -0.2) is 9.50 Å². The van der Waals surface area contributed by atoms with Gasteiger partial charge in [0.1, 0.15) is 5.56 Å². The average Bonchev–Trinajstić information content (AvgIpc) is 3.32. The normalized spacial score (nSPS) is 14.4. The van der Waals surface area contributed by atoms with Crippen LogP contribution in [0.5, 0.6) is 0 Å². The van der Waals surface area contributed by atoms with E-state index >= 15 is 0 Å². The standard InChI is InChI=1S/C26H27N5O2/c32-26(28-12-4-14-30-15-17-33-18-16-30)23-19-29-31-24(11-13-27-25(23)31)22-9-7-21(8-10-22)20-5-2-1-3-6-20/h1-3,5-11,13,19H,4,12,14-18H2,(H,28,32). The Hall–Kier alpha value is -3.55. The van der Waals surface area contributed by atoms with Crippen LogP contribution >= 0.6 is 0 Å². The van der Waals surface area contributed by atoms with E-state index in [0.717, 1.165) is 56.1 Å². The van der Waals surface area contributed by atoms with Crippen LogP contribution in [0.2, 0.25) is 0 Å². The molecule has 1 saturated heterocycles. The van der Waals surface area contributed by atoms with Crippen molar-refractivity contribution in [3.8, 4) is 22.4 Å². The Kier molecular flexibility index (Phi) is 6.41. The summed E-state index contributed by atoms with van der Waals surface area (Å²) in [4.78, 5) is 19.6. The zero-order chi connectivity index (χ0) is 22.5. The van der Waals surface area contributed by atoms with E-state index < -0.39 is 0 Å². The number of carbonyl (C=O) groups excluding carboxylic acids is 1. The molecule has 168 valence electrons. The van der Waals surface area contributed by atoms with Crippen molar-refractivity contribution >= 4 is 11.6 Å². The number of nitrogens with zero attached hydrogens (tertiary/aromatic N) is 4. The van der Waals surface area contributed by atoms with Crippen LogP contribution in [0, 0.1) is 0 Å². The van der Waals surface area contributed by atoms with Crippen molar-refractivity contribution in [2.75, 3.05) is 39.4 Å². The second kappa shape index (κ2) is 9.94. The van der Waals surface area contributed by atoms with Crippen molar-refractivity contribution < 1.29 is 9.53 Å². The van der Waals surface area contributed by atoms with Gasteiger partial charge in [-0.05, 0) is 30.2 Å². The van der Waals surface area contributed by atoms with E-state index in [9.17, 15) is 4.79 Å². The third kappa shape index (κ3) is 4.79. The lowest BCUT2D eigenvalue weighted by Gasteiger charge is -2.26. The van der Waals surface area contributed by atoms with E-state index in [4.69, 9.17) is 4.74 Å². The molecular formula is C26H27N5O2. The number of carbonyl (C=O) groups is 1. The average molecular weight is 442 g/mol. The molecule has 0 spiro atoms. The van der Waals surface area contributed by atoms with Gasteiger partial charge in [0.2, 0.25) is 0 Å². The Morgan fingerprint density at radius 2 is 1.67 bits per heavy atom. The van der Waals surface area contributed by atoms with Gasteiger partial charge < -0.3 is 10.1 Å². The molecule has 0 atom stereocenters. The molecule has 2 aromatic carbocycles. The minimum absolute atomic E-state index is 0.143. The fourth-order valence-electron chi connectivity index (χ4n) is 4.16. The molecule has 1 aliphatic rings. The Labute approximate surface area is 193 Å². The summed E-state index contributed by atoms with van der Waals surface area (Å²) in [5.41, 5.74) is 5.29. The van der Waals surface area contributed by atoms with E-state index in [1.807, 2.05) is 24.3 Å². The molecule has 33 heavy (non-hydrogen) atoms. The van der Waals surface area contributed by atoms with Gasteiger partial charge in [0.15, 0.2) is 5.65 Å². The SMILES string of the molecule is O=C(NCCCN1CCOCC1)c1cnn2c(-c3ccc(-c4ccccc4)cc3)ccnc12. The molecular weight excluding hydrogens is 414 g/mol. The number of benzene rings is 2. The minimum Gasteiger partial charge on any atom is -0.379 e. The highest BCUT2D eigenvalue weighted by Crippen LogP contribution is 2.25. The second-order valence-electron chi connectivity index (χ2n) is 8.13. The molecule has 4 aromatic rings. The van der Waals surface area contributed by atoms with E-state index in [1.54, 1.807) is 16.9 Å². The topological polar surface area (TPSA) is 71.8 Å². The van der Waals surface area contributed by atoms with Crippen LogP contribution in [0.4, 0.5) is 0 Å². The summed E-state index contributed by atoms with van der Waals surface area (Å²) < 4.78 is 7.11. The van der Waals surface area contributed by atoms with Gasteiger partial charge in [-0.2, -0.15) is 5.10 Å². The number of amides is 1. The number of fused-ring (bicyclic) bond motifs is 1. The molecule has 1 amide bonds. The van der Waals surface area contributed by atoms with Crippen molar-refractivity contribution in [3.63, 3.8) is 0 Å². The van der Waals surface area contributed by atoms with Crippen LogP contribution in [0.25, 0.3) is 28.0 Å². The molecule has 7 nitrogen and oxygen atoms in total. The third-order valence-corrected chi connectivity index (χ3v) is 5.97. The molecule has 3 heterocycles. The molecule has 5 rings (SSSR count). The van der Waals surface area contributed by atoms with E-state index in [0.29, 0.717) is 17.8 Å². The summed E-state index contributed by atoms with van der Waals surface area (Å²) in [6.45, 7) is 5.07. The fourth-order valence-corrected chi connectivity index (χ4v) is 4.16. The molecule has 0 bridgehead atoms. The molecule has 1 aliphatic heterocycles. The number of nitrogens with one attached hydrogen (secondary N) is 1. The van der Waals surface area contributed by atoms with E-state index in [1.165, 1.54) is 5.56 Å². The molecule has 0 radical (unpaired) electrons. The van der Waals surface area contributed by atoms with Crippen LogP contribution in [-0.2, 0) is 4.74 Å². The number of hydrogen-bond acceptors (Lipinski definition) is 5. The van der Waals surface area contributed by atoms with Gasteiger partial charge in [0.25, 0.3) is 5.91 Å². The number of rotatable bonds is 7. The highest BCUT2D eigenvalue weighted by molar-refractivity contribution is 5.99. The predicted molar refractivity (Wildman–Crippen MR) is 128 cm³/mol. The molecule has 7 heteroatoms. The Balaban J connectivity index is 1.28. The van der Waals surface area contributed by atoms with Crippen molar-refractivity contribution in [2.45, 2.75) is 6.42 Å². The molecule has 0 aliphatic carbocycles. The summed E-state index contributed by atoms with van der Waals surface area (Å²) >= 11 is 0. The maximum absolute atomic E-state index is 12.8. The number of aromatic nitrogens is 3. The van der Waals surface area contributed by atoms with E-state index in [-0.39, 0.29) is 5.91 Å². The summed E-state index contributed by atoms with van der Waals surface area (Å²) in [6, 6.07) is 20.5. The maximum Gasteiger partial charge on any atom is 0.256 e. The first-order valence-electron chi connectivity index (χ1n) is 11.4. The second-order valence-corrected chi connectivity index (χ2v) is 8.13. The quantitative estimate of drug-likeness (QED) is 0.445. The number of ether oxygens (including phenoxy) is 1. The Bertz CT molecular complexity index is 1210. The minimum atomic E-state index is -0.143. The van der Waals surface area contributed by atoms with Gasteiger partial charge in [-0.15, -0.1) is 0 Å². The Morgan fingerprint density at radius 1 is 0.939 bits per heavy atom. The van der Waals surface area contributed by atoms with Crippen molar-refractivity contribution in [1.82, 2.24) is 24.8 Å². The highest BCUT2D eigenvalue weighted by Gasteiger charge is 2.16. The molecule has 2 aromatic heterocycles. The number of morpholine rings is 1. The van der Waals surface area contributed by atoms with Crippen LogP contribution in [0.15, 0.2) is 73.1 Å². The maximum atomic E-state index is 12.8. The monoisotopic (exact) mass is 441 g/mol. The third-order valence-electron chi connectivity index (χ3n) is 5.97. The smallest absolute Gasteiger partial charge is 0.256 e. The lowest BCUT2D eigenvalue weighted by atomic mass is 10.0. The zero-order valence-electron chi connectivity index (χ0n) is 18.5. The summed E-state index contributed by atoms with van der Waals surface area (Å²) in [5, 5.41) is 7.48. The predicted octanol–water partition coefficient (Wildman–Crippen LogP) is 3.52. The fraction of sp³-hybridized carbons (Fsp3) is 0.269. The van der Waals surface area contributed by atoms with Gasteiger partial charge >= 0.3 is 0 Å². The highest BCUT2D eigenvalue weighted by atomic mass is 16.5. The molecule has 1 N–H and O–H groups in total. The Morgan fingerprint density at radius 3 is 2.45 bits per heavy atom. The lowest BCUT2D eigenvalue weighted by Crippen LogP contribution is -2.38. The summed E-state index contributed by atoms with van der Waals surface area (Å²) in [5.74, 6) is -0.143. The largest absolute Gasteiger partial charge is 0.379 e. The van der Waals surface area contributed by atoms with Crippen molar-refractivity contribution in [3.05, 3.63) is 78.6 Å². The van der Waals surface area contributed by atoms with Crippen molar-refractivity contribution in [2.24, 2.45) is 0 Å². The van der Waals surface area contributed by atoms with Gasteiger partial charge in [-0.1, -0.05) is 54.6 Å². The van der Waals surface area contributed by atoms with Crippen LogP contribution in [-0.4, -0.2) is 64.8 Å². The van der Waals surface area contributed by atoms with Gasteiger partial charge in [-0.3, -0.25) is 9.69 Å². The van der Waals surface area contributed by atoms with E-state index in [2.05, 4.69) is 56.7 Å². The molecule has 0 saturated carbocycles. The number of hydrogen-bond donors (Lipinski definition) is 1. The van der Waals surface area contributed by atoms with Crippen LogP contribution in [0.1, 0.15) is 16.8 Å². The first-order valence-corrected chi connectivity index (χ1v) is 11.4. The van der Waals surface area contributed by atoms with Crippen LogP contribution in [0.3, 0.4) is 0 Å². The van der Waals surface area contributed by atoms with Crippen molar-refractivity contribution in [1.29, 1.82) is 0 Å². The molecule has 0 unspecified atom stereocenters. The molecule has 1 fully saturated rings.